The Morgan fingerprint density at radius 2 is 1.65 bits per heavy atom. The first-order valence-corrected chi connectivity index (χ1v) is 6.18. The Labute approximate surface area is 104 Å². The second-order valence-electron chi connectivity index (χ2n) is 4.59. The Kier molecular flexibility index (Phi) is 6.67. The minimum absolute atomic E-state index is 0.619. The van der Waals surface area contributed by atoms with Crippen LogP contribution < -0.4 is 5.73 Å². The normalized spacial score (nSPS) is 11.0. The minimum atomic E-state index is 0.619. The molecule has 0 saturated heterocycles. The number of nitrogens with two attached hydrogens (primary N) is 1. The quantitative estimate of drug-likeness (QED) is 0.558. The van der Waals surface area contributed by atoms with Gasteiger partial charge >= 0.3 is 0 Å². The van der Waals surface area contributed by atoms with Gasteiger partial charge in [0.2, 0.25) is 0 Å². The average molecular weight is 237 g/mol. The van der Waals surface area contributed by atoms with Gasteiger partial charge in [-0.2, -0.15) is 0 Å². The fraction of sp³-hybridized carbons (Fsp3) is 0.571. The highest BCUT2D eigenvalue weighted by atomic mass is 16.5. The third-order valence-electron chi connectivity index (χ3n) is 2.46. The molecule has 0 heterocycles. The number of ether oxygens (including phenoxy) is 2. The fourth-order valence-corrected chi connectivity index (χ4v) is 1.34. The van der Waals surface area contributed by atoms with Crippen LogP contribution in [0.3, 0.4) is 0 Å². The molecule has 0 bridgehead atoms. The lowest BCUT2D eigenvalue weighted by atomic mass is 10.1. The second kappa shape index (κ2) is 8.09. The molecule has 1 aromatic carbocycles. The molecule has 0 spiro atoms. The maximum atomic E-state index is 5.60. The first-order chi connectivity index (χ1) is 8.18. The highest BCUT2D eigenvalue weighted by Gasteiger charge is 1.95. The first-order valence-electron chi connectivity index (χ1n) is 6.18. The van der Waals surface area contributed by atoms with Gasteiger partial charge in [0, 0.05) is 12.3 Å². The summed E-state index contributed by atoms with van der Waals surface area (Å²) in [5, 5.41) is 0. The van der Waals surface area contributed by atoms with E-state index in [9.17, 15) is 0 Å². The Morgan fingerprint density at radius 3 is 2.29 bits per heavy atom. The molecular weight excluding hydrogens is 214 g/mol. The molecule has 3 nitrogen and oxygen atoms in total. The van der Waals surface area contributed by atoms with Gasteiger partial charge in [0.15, 0.2) is 0 Å². The van der Waals surface area contributed by atoms with Gasteiger partial charge in [0.05, 0.1) is 19.8 Å². The van der Waals surface area contributed by atoms with Crippen LogP contribution in [-0.2, 0) is 16.1 Å². The smallest absolute Gasteiger partial charge is 0.0718 e. The molecule has 0 aromatic heterocycles. The molecule has 0 aliphatic heterocycles. The van der Waals surface area contributed by atoms with Crippen LogP contribution in [0.5, 0.6) is 0 Å². The zero-order valence-corrected chi connectivity index (χ0v) is 10.8. The van der Waals surface area contributed by atoms with Gasteiger partial charge in [-0.15, -0.1) is 0 Å². The van der Waals surface area contributed by atoms with Gasteiger partial charge in [-0.3, -0.25) is 0 Å². The van der Waals surface area contributed by atoms with Crippen molar-refractivity contribution < 1.29 is 9.47 Å². The summed E-state index contributed by atoms with van der Waals surface area (Å²) in [5.74, 6) is 0.700. The van der Waals surface area contributed by atoms with Gasteiger partial charge < -0.3 is 15.2 Å². The van der Waals surface area contributed by atoms with Gasteiger partial charge in [-0.25, -0.2) is 0 Å². The van der Waals surface area contributed by atoms with Crippen LogP contribution in [-0.4, -0.2) is 19.8 Å². The van der Waals surface area contributed by atoms with E-state index in [0.717, 1.165) is 24.3 Å². The van der Waals surface area contributed by atoms with E-state index < -0.39 is 0 Å². The lowest BCUT2D eigenvalue weighted by molar-refractivity contribution is 0.0372. The Hall–Kier alpha value is -1.06. The largest absolute Gasteiger partial charge is 0.399 e. The van der Waals surface area contributed by atoms with Gasteiger partial charge in [-0.05, 0) is 30.0 Å². The van der Waals surface area contributed by atoms with Crippen molar-refractivity contribution in [3.63, 3.8) is 0 Å². The van der Waals surface area contributed by atoms with E-state index in [1.807, 2.05) is 24.3 Å². The predicted octanol–water partition coefficient (Wildman–Crippen LogP) is 2.85. The van der Waals surface area contributed by atoms with Crippen molar-refractivity contribution in [3.8, 4) is 0 Å². The maximum absolute atomic E-state index is 5.60. The van der Waals surface area contributed by atoms with E-state index in [2.05, 4.69) is 13.8 Å². The highest BCUT2D eigenvalue weighted by Crippen LogP contribution is 2.06. The molecule has 1 aromatic rings. The number of rotatable bonds is 8. The molecule has 0 unspecified atom stereocenters. The van der Waals surface area contributed by atoms with Crippen LogP contribution in [0.15, 0.2) is 24.3 Å². The summed E-state index contributed by atoms with van der Waals surface area (Å²) in [6, 6.07) is 7.74. The molecule has 0 radical (unpaired) electrons. The van der Waals surface area contributed by atoms with Gasteiger partial charge in [0.25, 0.3) is 0 Å². The van der Waals surface area contributed by atoms with Crippen molar-refractivity contribution >= 4 is 5.69 Å². The van der Waals surface area contributed by atoms with Crippen molar-refractivity contribution in [1.29, 1.82) is 0 Å². The summed E-state index contributed by atoms with van der Waals surface area (Å²) in [6.45, 7) is 7.14. The highest BCUT2D eigenvalue weighted by molar-refractivity contribution is 5.39. The Balaban J connectivity index is 1.99. The molecule has 0 aliphatic rings. The van der Waals surface area contributed by atoms with Crippen LogP contribution in [0.2, 0.25) is 0 Å². The van der Waals surface area contributed by atoms with Crippen LogP contribution in [0, 0.1) is 5.92 Å². The van der Waals surface area contributed by atoms with E-state index in [0.29, 0.717) is 25.7 Å². The van der Waals surface area contributed by atoms with E-state index in [-0.39, 0.29) is 0 Å². The fourth-order valence-electron chi connectivity index (χ4n) is 1.34. The monoisotopic (exact) mass is 237 g/mol. The number of hydrogen-bond donors (Lipinski definition) is 1. The van der Waals surface area contributed by atoms with Crippen LogP contribution in [0.4, 0.5) is 5.69 Å². The molecule has 2 N–H and O–H groups in total. The summed E-state index contributed by atoms with van der Waals surface area (Å²) in [5.41, 5.74) is 7.52. The predicted molar refractivity (Wildman–Crippen MR) is 70.8 cm³/mol. The van der Waals surface area contributed by atoms with Gasteiger partial charge in [0.1, 0.15) is 0 Å². The lowest BCUT2D eigenvalue weighted by Gasteiger charge is -2.07. The zero-order chi connectivity index (χ0) is 12.5. The molecule has 0 aliphatic carbocycles. The number of nitrogen functional groups attached to an aromatic ring is 1. The van der Waals surface area contributed by atoms with Gasteiger partial charge in [-0.1, -0.05) is 26.0 Å². The molecule has 3 heteroatoms. The molecule has 0 atom stereocenters. The number of anilines is 1. The molecular formula is C14H23NO2. The molecule has 0 saturated carbocycles. The van der Waals surface area contributed by atoms with E-state index in [1.165, 1.54) is 0 Å². The summed E-state index contributed by atoms with van der Waals surface area (Å²) in [4.78, 5) is 0. The van der Waals surface area contributed by atoms with Crippen molar-refractivity contribution in [2.45, 2.75) is 26.9 Å². The van der Waals surface area contributed by atoms with Crippen LogP contribution >= 0.6 is 0 Å². The summed E-state index contributed by atoms with van der Waals surface area (Å²) in [6.07, 6.45) is 1.11. The zero-order valence-electron chi connectivity index (χ0n) is 10.8. The summed E-state index contributed by atoms with van der Waals surface area (Å²) in [7, 11) is 0. The molecule has 17 heavy (non-hydrogen) atoms. The maximum Gasteiger partial charge on any atom is 0.0718 e. The second-order valence-corrected chi connectivity index (χ2v) is 4.59. The van der Waals surface area contributed by atoms with Crippen molar-refractivity contribution in [2.24, 2.45) is 5.92 Å². The van der Waals surface area contributed by atoms with Crippen molar-refractivity contribution in [3.05, 3.63) is 29.8 Å². The first kappa shape index (κ1) is 14.0. The molecule has 96 valence electrons. The molecule has 0 amide bonds. The standard InChI is InChI=1S/C14H23NO2/c1-12(2)7-8-16-9-10-17-11-13-3-5-14(15)6-4-13/h3-6,12H,7-11,15H2,1-2H3. The SMILES string of the molecule is CC(C)CCOCCOCc1ccc(N)cc1. The van der Waals surface area contributed by atoms with Crippen LogP contribution in [0.1, 0.15) is 25.8 Å². The van der Waals surface area contributed by atoms with Crippen molar-refractivity contribution in [1.82, 2.24) is 0 Å². The lowest BCUT2D eigenvalue weighted by Crippen LogP contribution is -2.06. The molecule has 1 rings (SSSR count). The van der Waals surface area contributed by atoms with E-state index in [4.69, 9.17) is 15.2 Å². The van der Waals surface area contributed by atoms with Crippen molar-refractivity contribution in [2.75, 3.05) is 25.6 Å². The Bertz CT molecular complexity index is 296. The number of hydrogen-bond acceptors (Lipinski definition) is 3. The Morgan fingerprint density at radius 1 is 1.00 bits per heavy atom. The summed E-state index contributed by atoms with van der Waals surface area (Å²) < 4.78 is 11.0. The van der Waals surface area contributed by atoms with Crippen LogP contribution in [0.25, 0.3) is 0 Å². The third kappa shape index (κ3) is 6.97. The van der Waals surface area contributed by atoms with E-state index >= 15 is 0 Å². The minimum Gasteiger partial charge on any atom is -0.399 e. The summed E-state index contributed by atoms with van der Waals surface area (Å²) >= 11 is 0. The van der Waals surface area contributed by atoms with E-state index in [1.54, 1.807) is 0 Å². The number of benzene rings is 1. The average Bonchev–Trinajstić information content (AvgIpc) is 2.30. The molecule has 0 fully saturated rings. The third-order valence-corrected chi connectivity index (χ3v) is 2.46. The topological polar surface area (TPSA) is 44.5 Å².